The van der Waals surface area contributed by atoms with Gasteiger partial charge in [-0.25, -0.2) is 8.42 Å². The first-order valence-corrected chi connectivity index (χ1v) is 11.0. The summed E-state index contributed by atoms with van der Waals surface area (Å²) >= 11 is 0. The molecule has 1 aromatic carbocycles. The highest BCUT2D eigenvalue weighted by molar-refractivity contribution is 7.91. The lowest BCUT2D eigenvalue weighted by molar-refractivity contribution is -0.0933. The van der Waals surface area contributed by atoms with Crippen LogP contribution in [0.5, 0.6) is 5.75 Å². The minimum atomic E-state index is -4.50. The first-order valence-electron chi connectivity index (χ1n) is 9.17. The Labute approximate surface area is 166 Å². The molecule has 4 rings (SSSR count). The van der Waals surface area contributed by atoms with Crippen molar-refractivity contribution < 1.29 is 26.3 Å². The average molecular weight is 427 g/mol. The number of fused-ring (bicyclic) bond motifs is 1. The molecule has 0 atom stereocenters. The highest BCUT2D eigenvalue weighted by Crippen LogP contribution is 2.40. The maximum atomic E-state index is 13.5. The summed E-state index contributed by atoms with van der Waals surface area (Å²) in [5, 5.41) is 5.19. The number of nitrogens with zero attached hydrogens (tertiary/aromatic N) is 3. The largest absolute Gasteiger partial charge is 0.494 e. The molecule has 29 heavy (non-hydrogen) atoms. The van der Waals surface area contributed by atoms with Crippen molar-refractivity contribution in [2.24, 2.45) is 0 Å². The molecule has 0 saturated carbocycles. The number of ether oxygens (including phenoxy) is 1. The Kier molecular flexibility index (Phi) is 4.84. The summed E-state index contributed by atoms with van der Waals surface area (Å²) in [4.78, 5) is 1.17. The lowest BCUT2D eigenvalue weighted by Gasteiger charge is -2.30. The van der Waals surface area contributed by atoms with Crippen molar-refractivity contribution in [2.75, 3.05) is 30.1 Å². The maximum absolute atomic E-state index is 13.5. The summed E-state index contributed by atoms with van der Waals surface area (Å²) in [5.41, 5.74) is 0.130. The van der Waals surface area contributed by atoms with E-state index in [2.05, 4.69) is 5.10 Å². The monoisotopic (exact) mass is 427 g/mol. The molecule has 1 fully saturated rings. The highest BCUT2D eigenvalue weighted by Gasteiger charge is 2.39. The average Bonchev–Trinajstić information content (AvgIpc) is 3.09. The van der Waals surface area contributed by atoms with E-state index in [0.717, 1.165) is 6.08 Å². The lowest BCUT2D eigenvalue weighted by Crippen LogP contribution is -2.33. The zero-order valence-corrected chi connectivity index (χ0v) is 16.5. The van der Waals surface area contributed by atoms with Crippen LogP contribution in [0.15, 0.2) is 42.3 Å². The van der Waals surface area contributed by atoms with Crippen LogP contribution in [0.1, 0.15) is 18.9 Å². The minimum absolute atomic E-state index is 0.0519. The predicted octanol–water partition coefficient (Wildman–Crippen LogP) is 3.62. The van der Waals surface area contributed by atoms with Gasteiger partial charge in [0.2, 0.25) is 0 Å². The van der Waals surface area contributed by atoms with Crippen molar-refractivity contribution in [3.8, 4) is 5.75 Å². The summed E-state index contributed by atoms with van der Waals surface area (Å²) < 4.78 is 70.9. The van der Waals surface area contributed by atoms with Crippen LogP contribution >= 0.6 is 0 Å². The second kappa shape index (κ2) is 7.08. The van der Waals surface area contributed by atoms with Crippen LogP contribution < -0.4 is 9.64 Å². The van der Waals surface area contributed by atoms with Crippen molar-refractivity contribution in [2.45, 2.75) is 25.1 Å². The summed E-state index contributed by atoms with van der Waals surface area (Å²) in [6.07, 6.45) is 2.28. The number of halogens is 3. The van der Waals surface area contributed by atoms with Gasteiger partial charge in [0.05, 0.1) is 35.9 Å². The first-order chi connectivity index (χ1) is 13.7. The van der Waals surface area contributed by atoms with Crippen LogP contribution in [0.4, 0.5) is 18.9 Å². The summed E-state index contributed by atoms with van der Waals surface area (Å²) in [5.74, 6) is 0.518. The number of rotatable bonds is 3. The van der Waals surface area contributed by atoms with Gasteiger partial charge in [-0.3, -0.25) is 4.68 Å². The van der Waals surface area contributed by atoms with Crippen LogP contribution in [0.3, 0.4) is 0 Å². The third kappa shape index (κ3) is 3.85. The molecule has 3 heterocycles. The molecule has 1 aromatic heterocycles. The van der Waals surface area contributed by atoms with Gasteiger partial charge in [-0.1, -0.05) is 12.2 Å². The van der Waals surface area contributed by atoms with Gasteiger partial charge in [0.15, 0.2) is 0 Å². The summed E-state index contributed by atoms with van der Waals surface area (Å²) in [6.45, 7) is 0.0713. The van der Waals surface area contributed by atoms with Crippen molar-refractivity contribution in [3.63, 3.8) is 0 Å². The van der Waals surface area contributed by atoms with Crippen molar-refractivity contribution in [1.29, 1.82) is 0 Å². The van der Waals surface area contributed by atoms with Crippen LogP contribution in [0, 0.1) is 0 Å². The molecule has 1 saturated heterocycles. The van der Waals surface area contributed by atoms with Gasteiger partial charge < -0.3 is 9.64 Å². The third-order valence-corrected chi connectivity index (χ3v) is 6.99. The Morgan fingerprint density at radius 3 is 2.59 bits per heavy atom. The number of anilines is 1. The molecule has 0 unspecified atom stereocenters. The second-order valence-corrected chi connectivity index (χ2v) is 9.47. The molecule has 2 aromatic rings. The Balaban J connectivity index is 1.72. The van der Waals surface area contributed by atoms with E-state index in [1.807, 2.05) is 0 Å². The topological polar surface area (TPSA) is 64.4 Å². The van der Waals surface area contributed by atoms with Crippen LogP contribution in [-0.2, 0) is 9.84 Å². The number of sulfone groups is 1. The summed E-state index contributed by atoms with van der Waals surface area (Å²) in [6, 6.07) is 3.20. The third-order valence-electron chi connectivity index (χ3n) is 5.27. The number of aromatic nitrogens is 2. The van der Waals surface area contributed by atoms with Gasteiger partial charge in [0.1, 0.15) is 21.3 Å². The van der Waals surface area contributed by atoms with E-state index < -0.39 is 21.7 Å². The van der Waals surface area contributed by atoms with Crippen molar-refractivity contribution in [1.82, 2.24) is 9.78 Å². The molecule has 2 aliphatic rings. The molecule has 156 valence electrons. The molecule has 0 spiro atoms. The van der Waals surface area contributed by atoms with E-state index in [1.165, 1.54) is 18.1 Å². The predicted molar refractivity (Wildman–Crippen MR) is 104 cm³/mol. The van der Waals surface area contributed by atoms with Crippen LogP contribution in [-0.4, -0.2) is 49.5 Å². The lowest BCUT2D eigenvalue weighted by atomic mass is 10.1. The van der Waals surface area contributed by atoms with E-state index in [9.17, 15) is 21.6 Å². The maximum Gasteiger partial charge on any atom is 0.431 e. The fraction of sp³-hybridized carbons (Fsp3) is 0.421. The number of methoxy groups -OCH3 is 1. The molecule has 2 aliphatic heterocycles. The van der Waals surface area contributed by atoms with E-state index in [0.29, 0.717) is 35.2 Å². The molecule has 0 amide bonds. The highest BCUT2D eigenvalue weighted by atomic mass is 32.2. The zero-order valence-electron chi connectivity index (χ0n) is 15.7. The van der Waals surface area contributed by atoms with Gasteiger partial charge in [-0.05, 0) is 25.0 Å². The number of alkyl halides is 3. The number of benzene rings is 1. The molecule has 10 heteroatoms. The fourth-order valence-electron chi connectivity index (χ4n) is 3.75. The molecular weight excluding hydrogens is 407 g/mol. The molecule has 0 radical (unpaired) electrons. The number of hydrogen-bond donors (Lipinski definition) is 0. The standard InChI is InChI=1S/C19H20F3N3O3S/c1-28-17-11-15-13(12-25(23-15)14-5-8-29(26,27)9-6-14)10-16(17)24-7-3-2-4-18(24)19(20,21)22/h2-4,10-12,14H,5-9H2,1H3. The normalized spacial score (nSPS) is 20.1. The second-order valence-electron chi connectivity index (χ2n) is 7.16. The molecular formula is C19H20F3N3O3S. The van der Waals surface area contributed by atoms with Gasteiger partial charge in [0.25, 0.3) is 0 Å². The quantitative estimate of drug-likeness (QED) is 0.749. The van der Waals surface area contributed by atoms with E-state index in [4.69, 9.17) is 4.74 Å². The van der Waals surface area contributed by atoms with E-state index >= 15 is 0 Å². The van der Waals surface area contributed by atoms with Crippen molar-refractivity contribution in [3.05, 3.63) is 42.3 Å². The van der Waals surface area contributed by atoms with Crippen LogP contribution in [0.25, 0.3) is 10.9 Å². The van der Waals surface area contributed by atoms with E-state index in [1.54, 1.807) is 29.1 Å². The molecule has 0 aliphatic carbocycles. The van der Waals surface area contributed by atoms with Crippen LogP contribution in [0.2, 0.25) is 0 Å². The van der Waals surface area contributed by atoms with Gasteiger partial charge in [-0.15, -0.1) is 0 Å². The van der Waals surface area contributed by atoms with Crippen molar-refractivity contribution >= 4 is 26.4 Å². The Bertz CT molecular complexity index is 1090. The van der Waals surface area contributed by atoms with Gasteiger partial charge in [0, 0.05) is 24.2 Å². The zero-order chi connectivity index (χ0) is 20.8. The SMILES string of the molecule is COc1cc2nn(C3CCS(=O)(=O)CC3)cc2cc1N1CC=CC=C1C(F)(F)F. The Morgan fingerprint density at radius 1 is 1.21 bits per heavy atom. The number of allylic oxidation sites excluding steroid dienone is 3. The molecule has 0 bridgehead atoms. The fourth-order valence-corrected chi connectivity index (χ4v) is 5.22. The first kappa shape index (κ1) is 19.8. The van der Waals surface area contributed by atoms with E-state index in [-0.39, 0.29) is 24.1 Å². The van der Waals surface area contributed by atoms with Gasteiger partial charge >= 0.3 is 6.18 Å². The smallest absolute Gasteiger partial charge is 0.431 e. The Hall–Kier alpha value is -2.49. The Morgan fingerprint density at radius 2 is 1.93 bits per heavy atom. The molecule has 0 N–H and O–H groups in total. The van der Waals surface area contributed by atoms with Gasteiger partial charge in [-0.2, -0.15) is 18.3 Å². The number of hydrogen-bond acceptors (Lipinski definition) is 5. The molecule has 6 nitrogen and oxygen atoms in total. The minimum Gasteiger partial charge on any atom is -0.494 e. The summed E-state index contributed by atoms with van der Waals surface area (Å²) in [7, 11) is -1.59.